The molecule has 0 radical (unpaired) electrons. The van der Waals surface area contributed by atoms with E-state index in [9.17, 15) is 5.26 Å². The van der Waals surface area contributed by atoms with E-state index in [4.69, 9.17) is 11.3 Å². The number of rotatable bonds is 3. The highest BCUT2D eigenvalue weighted by atomic mass is 16.5. The lowest BCUT2D eigenvalue weighted by Crippen LogP contribution is -2.44. The van der Waals surface area contributed by atoms with Crippen LogP contribution in [0.3, 0.4) is 0 Å². The number of nitrogens with zero attached hydrogens (tertiary/aromatic N) is 3. The third kappa shape index (κ3) is 4.39. The van der Waals surface area contributed by atoms with Gasteiger partial charge < -0.3 is 9.64 Å². The quantitative estimate of drug-likeness (QED) is 0.455. The molecule has 0 aromatic heterocycles. The molecule has 3 aliphatic rings. The van der Waals surface area contributed by atoms with E-state index in [-0.39, 0.29) is 22.2 Å². The highest BCUT2D eigenvalue weighted by Gasteiger charge is 2.40. The van der Waals surface area contributed by atoms with Crippen LogP contribution in [0, 0.1) is 29.2 Å². The van der Waals surface area contributed by atoms with Crippen LogP contribution in [0.2, 0.25) is 0 Å². The van der Waals surface area contributed by atoms with Crippen molar-refractivity contribution < 1.29 is 4.74 Å². The Hall–Kier alpha value is -2.98. The minimum Gasteiger partial charge on any atom is -0.462 e. The standard InChI is InChI=1S/C30H37N3O/c1-28(2,3)26-18-21(25(19-31)32-8)17-22(34-26)10-9-20-15-23-27-24(16-20)30(6,7)12-14-33(27)13-11-29(23,4)5/h9-10,15-18,21,25H,11-14H2,1-7H3/b10-9+. The van der Waals surface area contributed by atoms with Gasteiger partial charge in [0.25, 0.3) is 0 Å². The molecular weight excluding hydrogens is 418 g/mol. The highest BCUT2D eigenvalue weighted by Crippen LogP contribution is 2.49. The maximum atomic E-state index is 9.47. The van der Waals surface area contributed by atoms with E-state index in [2.05, 4.69) is 82.5 Å². The molecule has 0 bridgehead atoms. The molecule has 4 nitrogen and oxygen atoms in total. The lowest BCUT2D eigenvalue weighted by molar-refractivity contribution is 0.214. The van der Waals surface area contributed by atoms with Crippen molar-refractivity contribution in [1.82, 2.24) is 0 Å². The van der Waals surface area contributed by atoms with Crippen LogP contribution in [0.5, 0.6) is 0 Å². The fourth-order valence-corrected chi connectivity index (χ4v) is 5.22. The number of hydrogen-bond acceptors (Lipinski definition) is 3. The largest absolute Gasteiger partial charge is 0.462 e. The molecule has 1 aromatic carbocycles. The average Bonchev–Trinajstić information content (AvgIpc) is 2.76. The summed E-state index contributed by atoms with van der Waals surface area (Å²) >= 11 is 0. The first-order chi connectivity index (χ1) is 15.9. The third-order valence-corrected chi connectivity index (χ3v) is 7.66. The molecule has 0 aliphatic carbocycles. The van der Waals surface area contributed by atoms with Crippen LogP contribution in [0.4, 0.5) is 5.69 Å². The SMILES string of the molecule is [C-]#[N+]C(C#N)C1C=C(/C=C/c2cc3c4c(c2)C(C)(C)CCN4CCC3(C)C)OC(C(C)(C)C)=C1. The number of allylic oxidation sites excluding steroid dienone is 2. The molecule has 2 atom stereocenters. The zero-order valence-corrected chi connectivity index (χ0v) is 21.7. The van der Waals surface area contributed by atoms with Gasteiger partial charge in [0.05, 0.1) is 5.92 Å². The first-order valence-corrected chi connectivity index (χ1v) is 12.4. The van der Waals surface area contributed by atoms with Crippen molar-refractivity contribution in [3.05, 3.63) is 70.0 Å². The Balaban J connectivity index is 1.74. The van der Waals surface area contributed by atoms with Crippen LogP contribution < -0.4 is 4.90 Å². The predicted octanol–water partition coefficient (Wildman–Crippen LogP) is 7.14. The summed E-state index contributed by atoms with van der Waals surface area (Å²) in [5.41, 5.74) is 5.57. The van der Waals surface area contributed by atoms with Crippen molar-refractivity contribution in [2.75, 3.05) is 18.0 Å². The number of hydrogen-bond donors (Lipinski definition) is 0. The molecule has 178 valence electrons. The molecule has 4 heteroatoms. The van der Waals surface area contributed by atoms with Crippen molar-refractivity contribution in [3.63, 3.8) is 0 Å². The third-order valence-electron chi connectivity index (χ3n) is 7.66. The first kappa shape index (κ1) is 24.2. The summed E-state index contributed by atoms with van der Waals surface area (Å²) < 4.78 is 6.24. The van der Waals surface area contributed by atoms with Gasteiger partial charge in [-0.2, -0.15) is 5.26 Å². The van der Waals surface area contributed by atoms with Gasteiger partial charge in [0.1, 0.15) is 11.5 Å². The molecule has 2 unspecified atom stereocenters. The van der Waals surface area contributed by atoms with Gasteiger partial charge in [0.15, 0.2) is 6.07 Å². The van der Waals surface area contributed by atoms with E-state index < -0.39 is 6.04 Å². The number of nitriles is 1. The van der Waals surface area contributed by atoms with Crippen LogP contribution >= 0.6 is 0 Å². The van der Waals surface area contributed by atoms with E-state index in [1.807, 2.05) is 18.2 Å². The Morgan fingerprint density at radius 3 is 2.18 bits per heavy atom. The summed E-state index contributed by atoms with van der Waals surface area (Å²) in [6, 6.07) is 6.09. The van der Waals surface area contributed by atoms with Gasteiger partial charge in [-0.05, 0) is 70.7 Å². The van der Waals surface area contributed by atoms with Gasteiger partial charge in [0.2, 0.25) is 0 Å². The Morgan fingerprint density at radius 1 is 1.09 bits per heavy atom. The second kappa shape index (κ2) is 8.35. The zero-order valence-electron chi connectivity index (χ0n) is 21.7. The Morgan fingerprint density at radius 2 is 1.68 bits per heavy atom. The van der Waals surface area contributed by atoms with E-state index >= 15 is 0 Å². The topological polar surface area (TPSA) is 40.6 Å². The molecule has 34 heavy (non-hydrogen) atoms. The molecule has 3 aliphatic heterocycles. The van der Waals surface area contributed by atoms with Crippen LogP contribution in [0.15, 0.2) is 41.9 Å². The van der Waals surface area contributed by atoms with Crippen LogP contribution in [0.1, 0.15) is 78.0 Å². The molecule has 0 saturated carbocycles. The first-order valence-electron chi connectivity index (χ1n) is 12.4. The van der Waals surface area contributed by atoms with Crippen LogP contribution in [-0.2, 0) is 15.6 Å². The summed E-state index contributed by atoms with van der Waals surface area (Å²) in [6.45, 7) is 25.4. The van der Waals surface area contributed by atoms with E-state index in [0.717, 1.165) is 31.7 Å². The minimum atomic E-state index is -0.745. The summed E-state index contributed by atoms with van der Waals surface area (Å²) in [7, 11) is 0. The second-order valence-corrected chi connectivity index (χ2v) is 12.3. The van der Waals surface area contributed by atoms with Crippen molar-refractivity contribution in [3.8, 4) is 6.07 Å². The molecule has 0 amide bonds. The number of benzene rings is 1. The zero-order chi connectivity index (χ0) is 24.9. The van der Waals surface area contributed by atoms with Crippen molar-refractivity contribution in [2.24, 2.45) is 11.3 Å². The minimum absolute atomic E-state index is 0.140. The smallest absolute Gasteiger partial charge is 0.316 e. The fraction of sp³-hybridized carbons (Fsp3) is 0.533. The Bertz CT molecular complexity index is 1110. The highest BCUT2D eigenvalue weighted by molar-refractivity contribution is 5.72. The lowest BCUT2D eigenvalue weighted by Gasteiger charge is -2.48. The Kier molecular flexibility index (Phi) is 5.93. The average molecular weight is 456 g/mol. The molecule has 0 fully saturated rings. The van der Waals surface area contributed by atoms with Crippen LogP contribution in [0.25, 0.3) is 10.9 Å². The molecule has 3 heterocycles. The monoisotopic (exact) mass is 455 g/mol. The number of anilines is 1. The molecule has 0 N–H and O–H groups in total. The lowest BCUT2D eigenvalue weighted by atomic mass is 9.69. The van der Waals surface area contributed by atoms with Crippen molar-refractivity contribution in [2.45, 2.75) is 78.2 Å². The summed E-state index contributed by atoms with van der Waals surface area (Å²) in [6.07, 6.45) is 10.3. The van der Waals surface area contributed by atoms with E-state index in [0.29, 0.717) is 5.76 Å². The van der Waals surface area contributed by atoms with Gasteiger partial charge in [0, 0.05) is 24.2 Å². The van der Waals surface area contributed by atoms with Gasteiger partial charge in [-0.1, -0.05) is 54.5 Å². The summed E-state index contributed by atoms with van der Waals surface area (Å²) in [4.78, 5) is 6.11. The molecular formula is C30H37N3O. The molecule has 1 aromatic rings. The van der Waals surface area contributed by atoms with Gasteiger partial charge in [-0.25, -0.2) is 6.57 Å². The van der Waals surface area contributed by atoms with E-state index in [1.54, 1.807) is 0 Å². The maximum absolute atomic E-state index is 9.47. The predicted molar refractivity (Wildman–Crippen MR) is 139 cm³/mol. The molecule has 0 spiro atoms. The van der Waals surface area contributed by atoms with E-state index in [1.165, 1.54) is 22.4 Å². The number of ether oxygens (including phenoxy) is 1. The van der Waals surface area contributed by atoms with Crippen LogP contribution in [-0.4, -0.2) is 19.1 Å². The summed E-state index contributed by atoms with van der Waals surface area (Å²) in [5, 5.41) is 9.47. The normalized spacial score (nSPS) is 23.7. The fourth-order valence-electron chi connectivity index (χ4n) is 5.22. The molecule has 0 saturated heterocycles. The van der Waals surface area contributed by atoms with Gasteiger partial charge >= 0.3 is 6.04 Å². The second-order valence-electron chi connectivity index (χ2n) is 12.3. The maximum Gasteiger partial charge on any atom is 0.316 e. The van der Waals surface area contributed by atoms with Crippen molar-refractivity contribution >= 4 is 11.8 Å². The van der Waals surface area contributed by atoms with Gasteiger partial charge in [-0.3, -0.25) is 4.85 Å². The van der Waals surface area contributed by atoms with Crippen molar-refractivity contribution in [1.29, 1.82) is 5.26 Å². The Labute approximate surface area is 205 Å². The molecule has 4 rings (SSSR count). The van der Waals surface area contributed by atoms with Gasteiger partial charge in [-0.15, -0.1) is 0 Å². The summed E-state index contributed by atoms with van der Waals surface area (Å²) in [5.74, 6) is 1.23.